The van der Waals surface area contributed by atoms with Gasteiger partial charge in [-0.3, -0.25) is 4.68 Å². The Labute approximate surface area is 116 Å². The number of nitrogens with zero attached hydrogens (tertiary/aromatic N) is 2. The van der Waals surface area contributed by atoms with Gasteiger partial charge in [0, 0.05) is 37.6 Å². The van der Waals surface area contributed by atoms with Crippen molar-refractivity contribution in [2.75, 3.05) is 20.3 Å². The highest BCUT2D eigenvalue weighted by atomic mass is 16.5. The first kappa shape index (κ1) is 14.5. The maximum Gasteiger partial charge on any atom is 0.0669 e. The van der Waals surface area contributed by atoms with Gasteiger partial charge in [-0.2, -0.15) is 5.10 Å². The summed E-state index contributed by atoms with van der Waals surface area (Å²) in [4.78, 5) is 0. The lowest BCUT2D eigenvalue weighted by atomic mass is 10.0. The fraction of sp³-hybridized carbons (Fsp3) is 0.800. The van der Waals surface area contributed by atoms with E-state index in [9.17, 15) is 0 Å². The number of ether oxygens (including phenoxy) is 1. The third kappa shape index (κ3) is 3.37. The van der Waals surface area contributed by atoms with Gasteiger partial charge in [-0.15, -0.1) is 0 Å². The molecule has 19 heavy (non-hydrogen) atoms. The average molecular weight is 265 g/mol. The van der Waals surface area contributed by atoms with Crippen LogP contribution in [0.4, 0.5) is 0 Å². The van der Waals surface area contributed by atoms with E-state index in [0.717, 1.165) is 45.1 Å². The van der Waals surface area contributed by atoms with Crippen molar-refractivity contribution >= 4 is 0 Å². The third-order valence-electron chi connectivity index (χ3n) is 4.05. The molecule has 0 amide bonds. The van der Waals surface area contributed by atoms with Crippen LogP contribution in [0.5, 0.6) is 0 Å². The minimum atomic E-state index is 0.728. The number of rotatable bonds is 6. The average Bonchev–Trinajstić information content (AvgIpc) is 2.77. The lowest BCUT2D eigenvalue weighted by Crippen LogP contribution is -2.22. The van der Waals surface area contributed by atoms with E-state index in [1.807, 2.05) is 7.05 Å². The Hall–Kier alpha value is -0.870. The Balaban J connectivity index is 2.18. The summed E-state index contributed by atoms with van der Waals surface area (Å²) >= 11 is 0. The SMILES string of the molecule is CCc1nn(CC2CCOCC2)c(CC)c1CNC. The Morgan fingerprint density at radius 3 is 2.58 bits per heavy atom. The second kappa shape index (κ2) is 7.06. The molecule has 0 unspecified atom stereocenters. The van der Waals surface area contributed by atoms with Crippen LogP contribution in [0.3, 0.4) is 0 Å². The van der Waals surface area contributed by atoms with E-state index in [4.69, 9.17) is 9.84 Å². The van der Waals surface area contributed by atoms with Crippen LogP contribution in [-0.4, -0.2) is 30.0 Å². The molecule has 108 valence electrons. The van der Waals surface area contributed by atoms with Gasteiger partial charge in [-0.05, 0) is 38.6 Å². The van der Waals surface area contributed by atoms with Crippen LogP contribution in [-0.2, 0) is 30.7 Å². The van der Waals surface area contributed by atoms with Crippen molar-refractivity contribution in [2.24, 2.45) is 5.92 Å². The summed E-state index contributed by atoms with van der Waals surface area (Å²) in [5.41, 5.74) is 4.09. The molecule has 0 atom stereocenters. The van der Waals surface area contributed by atoms with E-state index in [0.29, 0.717) is 0 Å². The molecule has 1 saturated heterocycles. The van der Waals surface area contributed by atoms with E-state index < -0.39 is 0 Å². The zero-order valence-electron chi connectivity index (χ0n) is 12.5. The molecule has 1 aromatic rings. The maximum absolute atomic E-state index is 5.44. The standard InChI is InChI=1S/C15H27N3O/c1-4-14-13(10-16-3)15(5-2)18(17-14)11-12-6-8-19-9-7-12/h12,16H,4-11H2,1-3H3. The summed E-state index contributed by atoms with van der Waals surface area (Å²) in [6, 6.07) is 0. The molecular formula is C15H27N3O. The van der Waals surface area contributed by atoms with Gasteiger partial charge in [-0.1, -0.05) is 13.8 Å². The van der Waals surface area contributed by atoms with Crippen LogP contribution >= 0.6 is 0 Å². The number of aromatic nitrogens is 2. The third-order valence-corrected chi connectivity index (χ3v) is 4.05. The van der Waals surface area contributed by atoms with E-state index >= 15 is 0 Å². The zero-order valence-corrected chi connectivity index (χ0v) is 12.5. The van der Waals surface area contributed by atoms with Gasteiger partial charge >= 0.3 is 0 Å². The smallest absolute Gasteiger partial charge is 0.0669 e. The Kier molecular flexibility index (Phi) is 5.40. The molecule has 1 aromatic heterocycles. The first-order valence-electron chi connectivity index (χ1n) is 7.59. The summed E-state index contributed by atoms with van der Waals surface area (Å²) in [6.45, 7) is 8.24. The minimum Gasteiger partial charge on any atom is -0.381 e. The van der Waals surface area contributed by atoms with Crippen molar-refractivity contribution in [2.45, 2.75) is 52.6 Å². The van der Waals surface area contributed by atoms with Gasteiger partial charge in [0.15, 0.2) is 0 Å². The van der Waals surface area contributed by atoms with E-state index in [2.05, 4.69) is 23.8 Å². The van der Waals surface area contributed by atoms with Crippen molar-refractivity contribution in [3.63, 3.8) is 0 Å². The molecule has 1 aliphatic rings. The van der Waals surface area contributed by atoms with Crippen molar-refractivity contribution in [1.29, 1.82) is 0 Å². The summed E-state index contributed by atoms with van der Waals surface area (Å²) < 4.78 is 7.71. The van der Waals surface area contributed by atoms with Crippen molar-refractivity contribution in [1.82, 2.24) is 15.1 Å². The summed E-state index contributed by atoms with van der Waals surface area (Å²) in [6.07, 6.45) is 4.43. The van der Waals surface area contributed by atoms with Crippen molar-refractivity contribution in [3.05, 3.63) is 17.0 Å². The predicted molar refractivity (Wildman–Crippen MR) is 77.3 cm³/mol. The molecular weight excluding hydrogens is 238 g/mol. The van der Waals surface area contributed by atoms with Gasteiger partial charge in [0.2, 0.25) is 0 Å². The van der Waals surface area contributed by atoms with Crippen LogP contribution in [0.1, 0.15) is 43.6 Å². The summed E-state index contributed by atoms with van der Waals surface area (Å²) in [5, 5.41) is 8.13. The molecule has 0 aromatic carbocycles. The van der Waals surface area contributed by atoms with Crippen LogP contribution in [0, 0.1) is 5.92 Å². The zero-order chi connectivity index (χ0) is 13.7. The maximum atomic E-state index is 5.44. The van der Waals surface area contributed by atoms with Crippen LogP contribution in [0.2, 0.25) is 0 Å². The van der Waals surface area contributed by atoms with E-state index in [1.165, 1.54) is 29.8 Å². The lowest BCUT2D eigenvalue weighted by Gasteiger charge is -2.22. The first-order chi connectivity index (χ1) is 9.30. The fourth-order valence-electron chi connectivity index (χ4n) is 2.97. The van der Waals surface area contributed by atoms with E-state index in [1.54, 1.807) is 0 Å². The molecule has 0 bridgehead atoms. The summed E-state index contributed by atoms with van der Waals surface area (Å²) in [7, 11) is 2.01. The van der Waals surface area contributed by atoms with Crippen LogP contribution in [0.15, 0.2) is 0 Å². The second-order valence-electron chi connectivity index (χ2n) is 5.35. The monoisotopic (exact) mass is 265 g/mol. The molecule has 1 aliphatic heterocycles. The number of hydrogen-bond acceptors (Lipinski definition) is 3. The minimum absolute atomic E-state index is 0.728. The Morgan fingerprint density at radius 2 is 2.00 bits per heavy atom. The lowest BCUT2D eigenvalue weighted by molar-refractivity contribution is 0.0598. The first-order valence-corrected chi connectivity index (χ1v) is 7.59. The van der Waals surface area contributed by atoms with Gasteiger partial charge in [0.05, 0.1) is 5.69 Å². The molecule has 4 nitrogen and oxygen atoms in total. The summed E-state index contributed by atoms with van der Waals surface area (Å²) in [5.74, 6) is 0.728. The van der Waals surface area contributed by atoms with Crippen molar-refractivity contribution < 1.29 is 4.74 Å². The highest BCUT2D eigenvalue weighted by Gasteiger charge is 2.19. The number of hydrogen-bond donors (Lipinski definition) is 1. The second-order valence-corrected chi connectivity index (χ2v) is 5.35. The number of nitrogens with one attached hydrogen (secondary N) is 1. The quantitative estimate of drug-likeness (QED) is 0.856. The molecule has 0 saturated carbocycles. The number of aryl methyl sites for hydroxylation is 1. The highest BCUT2D eigenvalue weighted by molar-refractivity contribution is 5.26. The molecule has 4 heteroatoms. The van der Waals surface area contributed by atoms with Crippen molar-refractivity contribution in [3.8, 4) is 0 Å². The predicted octanol–water partition coefficient (Wildman–Crippen LogP) is 2.15. The van der Waals surface area contributed by atoms with Crippen LogP contribution < -0.4 is 5.32 Å². The normalized spacial score (nSPS) is 17.0. The molecule has 1 N–H and O–H groups in total. The van der Waals surface area contributed by atoms with Crippen LogP contribution in [0.25, 0.3) is 0 Å². The molecule has 2 heterocycles. The van der Waals surface area contributed by atoms with Gasteiger partial charge in [-0.25, -0.2) is 0 Å². The van der Waals surface area contributed by atoms with E-state index in [-0.39, 0.29) is 0 Å². The molecule has 0 aliphatic carbocycles. The Morgan fingerprint density at radius 1 is 1.26 bits per heavy atom. The highest BCUT2D eigenvalue weighted by Crippen LogP contribution is 2.21. The fourth-order valence-corrected chi connectivity index (χ4v) is 2.97. The van der Waals surface area contributed by atoms with Gasteiger partial charge in [0.1, 0.15) is 0 Å². The Bertz CT molecular complexity index is 394. The molecule has 1 fully saturated rings. The topological polar surface area (TPSA) is 39.1 Å². The largest absolute Gasteiger partial charge is 0.381 e. The molecule has 2 rings (SSSR count). The molecule has 0 radical (unpaired) electrons. The molecule has 0 spiro atoms. The van der Waals surface area contributed by atoms with Gasteiger partial charge < -0.3 is 10.1 Å². The van der Waals surface area contributed by atoms with Gasteiger partial charge in [0.25, 0.3) is 0 Å².